The van der Waals surface area contributed by atoms with E-state index in [9.17, 15) is 4.79 Å². The molecule has 1 N–H and O–H groups in total. The van der Waals surface area contributed by atoms with E-state index in [1.807, 2.05) is 38.3 Å². The van der Waals surface area contributed by atoms with Gasteiger partial charge < -0.3 is 14.5 Å². The third-order valence-electron chi connectivity index (χ3n) is 5.94. The molecule has 1 fully saturated rings. The van der Waals surface area contributed by atoms with Crippen LogP contribution < -0.4 is 10.1 Å². The van der Waals surface area contributed by atoms with Gasteiger partial charge in [0.25, 0.3) is 0 Å². The lowest BCUT2D eigenvalue weighted by Crippen LogP contribution is -2.50. The van der Waals surface area contributed by atoms with Crippen molar-refractivity contribution in [1.82, 2.24) is 10.2 Å². The first-order valence-electron chi connectivity index (χ1n) is 10.3. The van der Waals surface area contributed by atoms with Crippen LogP contribution in [0.4, 0.5) is 0 Å². The summed E-state index contributed by atoms with van der Waals surface area (Å²) in [5.41, 5.74) is 2.23. The van der Waals surface area contributed by atoms with Crippen LogP contribution >= 0.6 is 0 Å². The van der Waals surface area contributed by atoms with Crippen molar-refractivity contribution in [2.24, 2.45) is 0 Å². The van der Waals surface area contributed by atoms with Crippen molar-refractivity contribution in [3.8, 4) is 5.75 Å². The van der Waals surface area contributed by atoms with E-state index in [1.165, 1.54) is 11.1 Å². The van der Waals surface area contributed by atoms with Crippen LogP contribution in [0.25, 0.3) is 0 Å². The average molecular weight is 383 g/mol. The smallest absolute Gasteiger partial charge is 0.220 e. The van der Waals surface area contributed by atoms with Gasteiger partial charge in [-0.1, -0.05) is 18.2 Å². The number of nitrogens with zero attached hydrogens (tertiary/aromatic N) is 1. The number of furan rings is 1. The summed E-state index contributed by atoms with van der Waals surface area (Å²) in [6.07, 6.45) is 6.97. The molecule has 1 spiro atoms. The average Bonchev–Trinajstić information content (AvgIpc) is 3.16. The van der Waals surface area contributed by atoms with Crippen molar-refractivity contribution >= 4 is 5.91 Å². The highest BCUT2D eigenvalue weighted by atomic mass is 16.5. The van der Waals surface area contributed by atoms with Gasteiger partial charge >= 0.3 is 0 Å². The number of ether oxygens (including phenoxy) is 1. The normalized spacial score (nSPS) is 21.3. The van der Waals surface area contributed by atoms with E-state index in [0.717, 1.165) is 44.6 Å². The van der Waals surface area contributed by atoms with Gasteiger partial charge in [-0.05, 0) is 50.8 Å². The first-order valence-corrected chi connectivity index (χ1v) is 10.3. The summed E-state index contributed by atoms with van der Waals surface area (Å²) in [6.45, 7) is 6.93. The highest BCUT2D eigenvalue weighted by Gasteiger charge is 2.43. The predicted octanol–water partition coefficient (Wildman–Crippen LogP) is 4.10. The molecule has 5 heteroatoms. The van der Waals surface area contributed by atoms with Gasteiger partial charge in [0.15, 0.2) is 0 Å². The fourth-order valence-corrected chi connectivity index (χ4v) is 4.60. The van der Waals surface area contributed by atoms with Gasteiger partial charge in [0.2, 0.25) is 5.91 Å². The van der Waals surface area contributed by atoms with Crippen molar-refractivity contribution in [2.75, 3.05) is 13.1 Å². The fourth-order valence-electron chi connectivity index (χ4n) is 4.60. The maximum absolute atomic E-state index is 12.5. The lowest BCUT2D eigenvalue weighted by molar-refractivity contribution is -0.122. The summed E-state index contributed by atoms with van der Waals surface area (Å²) in [6, 6.07) is 10.4. The first-order chi connectivity index (χ1) is 13.5. The Labute approximate surface area is 167 Å². The van der Waals surface area contributed by atoms with Crippen LogP contribution in [0.1, 0.15) is 56.6 Å². The van der Waals surface area contributed by atoms with Crippen molar-refractivity contribution in [1.29, 1.82) is 0 Å². The number of hydrogen-bond donors (Lipinski definition) is 1. The van der Waals surface area contributed by atoms with E-state index in [1.54, 1.807) is 6.26 Å². The summed E-state index contributed by atoms with van der Waals surface area (Å²) in [5, 5.41) is 3.05. The molecule has 1 amide bonds. The molecule has 0 saturated carbocycles. The summed E-state index contributed by atoms with van der Waals surface area (Å²) < 4.78 is 11.8. The SMILES string of the molecule is CC(C)NC(=O)CC1CC2(CCN(Cc3ccoc3)CC2)Oc2ccccc21. The Balaban J connectivity index is 1.46. The number of rotatable bonds is 5. The Morgan fingerprint density at radius 3 is 2.75 bits per heavy atom. The predicted molar refractivity (Wildman–Crippen MR) is 108 cm³/mol. The van der Waals surface area contributed by atoms with Gasteiger partial charge in [-0.25, -0.2) is 0 Å². The minimum absolute atomic E-state index is 0.129. The molecule has 28 heavy (non-hydrogen) atoms. The Kier molecular flexibility index (Phi) is 5.44. The van der Waals surface area contributed by atoms with E-state index in [4.69, 9.17) is 9.15 Å². The third-order valence-corrected chi connectivity index (χ3v) is 5.94. The molecule has 1 aromatic heterocycles. The molecule has 150 valence electrons. The first kappa shape index (κ1) is 19.1. The minimum atomic E-state index is -0.163. The van der Waals surface area contributed by atoms with Crippen LogP contribution in [0.2, 0.25) is 0 Å². The fraction of sp³-hybridized carbons (Fsp3) is 0.522. The number of carbonyl (C=O) groups excluding carboxylic acids is 1. The quantitative estimate of drug-likeness (QED) is 0.846. The zero-order valence-electron chi connectivity index (χ0n) is 16.8. The molecule has 0 bridgehead atoms. The third kappa shape index (κ3) is 4.25. The van der Waals surface area contributed by atoms with E-state index in [-0.39, 0.29) is 23.5 Å². The zero-order valence-corrected chi connectivity index (χ0v) is 16.8. The molecule has 1 atom stereocenters. The van der Waals surface area contributed by atoms with Crippen molar-refractivity contribution < 1.29 is 13.9 Å². The summed E-state index contributed by atoms with van der Waals surface area (Å²) in [7, 11) is 0. The Morgan fingerprint density at radius 1 is 1.25 bits per heavy atom. The van der Waals surface area contributed by atoms with Crippen LogP contribution in [-0.2, 0) is 11.3 Å². The van der Waals surface area contributed by atoms with E-state index >= 15 is 0 Å². The summed E-state index contributed by atoms with van der Waals surface area (Å²) in [5.74, 6) is 1.30. The van der Waals surface area contributed by atoms with Crippen molar-refractivity contribution in [3.05, 3.63) is 54.0 Å². The van der Waals surface area contributed by atoms with Crippen LogP contribution in [0, 0.1) is 0 Å². The maximum Gasteiger partial charge on any atom is 0.220 e. The van der Waals surface area contributed by atoms with Gasteiger partial charge in [0.1, 0.15) is 11.4 Å². The lowest BCUT2D eigenvalue weighted by Gasteiger charge is -2.47. The number of para-hydroxylation sites is 1. The Bertz CT molecular complexity index is 792. The van der Waals surface area contributed by atoms with Crippen LogP contribution in [0.15, 0.2) is 47.3 Å². The van der Waals surface area contributed by atoms with Crippen molar-refractivity contribution in [3.63, 3.8) is 0 Å². The zero-order chi connectivity index (χ0) is 19.6. The number of hydrogen-bond acceptors (Lipinski definition) is 4. The molecule has 2 aromatic rings. The molecule has 1 saturated heterocycles. The topological polar surface area (TPSA) is 54.7 Å². The largest absolute Gasteiger partial charge is 0.487 e. The second-order valence-electron chi connectivity index (χ2n) is 8.56. The molecular weight excluding hydrogens is 352 g/mol. The van der Waals surface area contributed by atoms with Crippen LogP contribution in [0.5, 0.6) is 5.75 Å². The van der Waals surface area contributed by atoms with Gasteiger partial charge in [-0.3, -0.25) is 9.69 Å². The Hall–Kier alpha value is -2.27. The molecule has 3 heterocycles. The minimum Gasteiger partial charge on any atom is -0.487 e. The number of likely N-dealkylation sites (tertiary alicyclic amines) is 1. The van der Waals surface area contributed by atoms with Crippen molar-refractivity contribution in [2.45, 2.75) is 63.6 Å². The number of piperidine rings is 1. The molecule has 5 nitrogen and oxygen atoms in total. The molecule has 4 rings (SSSR count). The summed E-state index contributed by atoms with van der Waals surface area (Å²) in [4.78, 5) is 14.9. The van der Waals surface area contributed by atoms with Crippen LogP contribution in [0.3, 0.4) is 0 Å². The lowest BCUT2D eigenvalue weighted by atomic mass is 9.76. The standard InChI is InChI=1S/C23H30N2O3/c1-17(2)24-22(26)13-19-14-23(28-21-6-4-3-5-20(19)21)8-10-25(11-9-23)15-18-7-12-27-16-18/h3-7,12,16-17,19H,8-11,13-15H2,1-2H3,(H,24,26). The van der Waals surface area contributed by atoms with E-state index in [0.29, 0.717) is 6.42 Å². The highest BCUT2D eigenvalue weighted by molar-refractivity contribution is 5.77. The monoisotopic (exact) mass is 382 g/mol. The van der Waals surface area contributed by atoms with Crippen LogP contribution in [-0.4, -0.2) is 35.5 Å². The molecular formula is C23H30N2O3. The second-order valence-corrected chi connectivity index (χ2v) is 8.56. The maximum atomic E-state index is 12.5. The number of benzene rings is 1. The number of nitrogens with one attached hydrogen (secondary N) is 1. The van der Waals surface area contributed by atoms with Gasteiger partial charge in [0, 0.05) is 43.6 Å². The van der Waals surface area contributed by atoms with E-state index < -0.39 is 0 Å². The molecule has 1 unspecified atom stereocenters. The number of carbonyl (C=O) groups is 1. The molecule has 1 aromatic carbocycles. The number of amides is 1. The molecule has 0 radical (unpaired) electrons. The van der Waals surface area contributed by atoms with Gasteiger partial charge in [0.05, 0.1) is 12.5 Å². The number of fused-ring (bicyclic) bond motifs is 1. The van der Waals surface area contributed by atoms with Gasteiger partial charge in [-0.2, -0.15) is 0 Å². The Morgan fingerprint density at radius 2 is 2.04 bits per heavy atom. The highest BCUT2D eigenvalue weighted by Crippen LogP contribution is 2.46. The molecule has 2 aliphatic heterocycles. The second kappa shape index (κ2) is 8.00. The van der Waals surface area contributed by atoms with E-state index in [2.05, 4.69) is 22.3 Å². The summed E-state index contributed by atoms with van der Waals surface area (Å²) >= 11 is 0. The molecule has 0 aliphatic carbocycles. The molecule has 2 aliphatic rings. The van der Waals surface area contributed by atoms with Gasteiger partial charge in [-0.15, -0.1) is 0 Å².